The first-order valence-corrected chi connectivity index (χ1v) is 13.1. The standard InChI is InChI=1S/C8H24O12Si4/c1-9-21(10-2)17-22(11-3,12-4)19-24(15-7,16-8)20-23(13-5,14-6)18-21/h1-8H3. The number of hydrogen-bond donors (Lipinski definition) is 0. The molecular formula is C8H24O12Si4. The van der Waals surface area contributed by atoms with Crippen LogP contribution in [-0.4, -0.2) is 93.1 Å². The predicted octanol–water partition coefficient (Wildman–Crippen LogP) is -1.02. The van der Waals surface area contributed by atoms with Crippen LogP contribution in [0.1, 0.15) is 0 Å². The van der Waals surface area contributed by atoms with Crippen molar-refractivity contribution in [2.75, 3.05) is 56.9 Å². The summed E-state index contributed by atoms with van der Waals surface area (Å²) in [6.45, 7) is 0. The molecule has 0 radical (unpaired) electrons. The first-order valence-electron chi connectivity index (χ1n) is 6.53. The molecule has 12 nitrogen and oxygen atoms in total. The van der Waals surface area contributed by atoms with Gasteiger partial charge in [-0.15, -0.1) is 0 Å². The maximum atomic E-state index is 5.80. The molecule has 0 N–H and O–H groups in total. The fourth-order valence-corrected chi connectivity index (χ4v) is 14.8. The van der Waals surface area contributed by atoms with Crippen LogP contribution in [0.3, 0.4) is 0 Å². The lowest BCUT2D eigenvalue weighted by Crippen LogP contribution is -2.75. The minimum atomic E-state index is -3.87. The van der Waals surface area contributed by atoms with Crippen LogP contribution in [-0.2, 0) is 51.9 Å². The Labute approximate surface area is 145 Å². The summed E-state index contributed by atoms with van der Waals surface area (Å²) < 4.78 is 65.7. The average Bonchev–Trinajstić information content (AvgIpc) is 2.63. The van der Waals surface area contributed by atoms with Gasteiger partial charge in [-0.25, -0.2) is 0 Å². The van der Waals surface area contributed by atoms with Crippen molar-refractivity contribution in [1.82, 2.24) is 0 Å². The van der Waals surface area contributed by atoms with Gasteiger partial charge in [-0.05, 0) is 0 Å². The lowest BCUT2D eigenvalue weighted by Gasteiger charge is -2.43. The highest BCUT2D eigenvalue weighted by molar-refractivity contribution is 6.82. The van der Waals surface area contributed by atoms with Gasteiger partial charge < -0.3 is 51.9 Å². The lowest BCUT2D eigenvalue weighted by atomic mass is 11.8. The summed E-state index contributed by atoms with van der Waals surface area (Å²) in [6, 6.07) is 0. The van der Waals surface area contributed by atoms with Crippen LogP contribution in [0, 0.1) is 0 Å². The summed E-state index contributed by atoms with van der Waals surface area (Å²) in [7, 11) is -4.90. The molecule has 1 fully saturated rings. The van der Waals surface area contributed by atoms with Crippen LogP contribution in [0.15, 0.2) is 0 Å². The smallest absolute Gasteiger partial charge is 0.355 e. The monoisotopic (exact) mass is 424 g/mol. The van der Waals surface area contributed by atoms with Gasteiger partial charge in [0.2, 0.25) is 0 Å². The quantitative estimate of drug-likeness (QED) is 0.445. The third-order valence-electron chi connectivity index (χ3n) is 3.00. The minimum Gasteiger partial charge on any atom is -0.355 e. The van der Waals surface area contributed by atoms with E-state index in [0.29, 0.717) is 0 Å². The molecule has 0 unspecified atom stereocenters. The Morgan fingerprint density at radius 3 is 0.542 bits per heavy atom. The number of hydrogen-bond acceptors (Lipinski definition) is 12. The summed E-state index contributed by atoms with van der Waals surface area (Å²) in [5.74, 6) is 0. The lowest BCUT2D eigenvalue weighted by molar-refractivity contribution is -0.0848. The molecule has 0 atom stereocenters. The first-order chi connectivity index (χ1) is 11.3. The van der Waals surface area contributed by atoms with Crippen molar-refractivity contribution in [2.24, 2.45) is 0 Å². The molecule has 1 saturated heterocycles. The summed E-state index contributed by atoms with van der Waals surface area (Å²) in [6.07, 6.45) is 0. The third kappa shape index (κ3) is 4.37. The molecule has 24 heavy (non-hydrogen) atoms. The van der Waals surface area contributed by atoms with Crippen molar-refractivity contribution < 1.29 is 51.9 Å². The van der Waals surface area contributed by atoms with E-state index in [2.05, 4.69) is 0 Å². The van der Waals surface area contributed by atoms with Gasteiger partial charge >= 0.3 is 36.2 Å². The van der Waals surface area contributed by atoms with Gasteiger partial charge in [0.1, 0.15) is 0 Å². The molecule has 1 aliphatic rings. The van der Waals surface area contributed by atoms with Crippen LogP contribution < -0.4 is 0 Å². The van der Waals surface area contributed by atoms with Gasteiger partial charge in [-0.2, -0.15) is 0 Å². The van der Waals surface area contributed by atoms with Crippen LogP contribution >= 0.6 is 0 Å². The largest absolute Gasteiger partial charge is 0.667 e. The van der Waals surface area contributed by atoms with Crippen LogP contribution in [0.5, 0.6) is 0 Å². The summed E-state index contributed by atoms with van der Waals surface area (Å²) in [5, 5.41) is 0. The second-order valence-corrected chi connectivity index (χ2v) is 14.6. The predicted molar refractivity (Wildman–Crippen MR) is 83.4 cm³/mol. The van der Waals surface area contributed by atoms with E-state index in [1.54, 1.807) is 0 Å². The molecule has 0 saturated carbocycles. The van der Waals surface area contributed by atoms with Crippen molar-refractivity contribution in [3.8, 4) is 0 Å². The van der Waals surface area contributed by atoms with E-state index in [0.717, 1.165) is 0 Å². The zero-order valence-corrected chi connectivity index (χ0v) is 18.9. The molecule has 1 rings (SSSR count). The summed E-state index contributed by atoms with van der Waals surface area (Å²) in [4.78, 5) is 0. The highest BCUT2D eigenvalue weighted by Crippen LogP contribution is 2.33. The molecule has 0 amide bonds. The van der Waals surface area contributed by atoms with Gasteiger partial charge in [0.05, 0.1) is 0 Å². The zero-order chi connectivity index (χ0) is 18.5. The summed E-state index contributed by atoms with van der Waals surface area (Å²) >= 11 is 0. The zero-order valence-electron chi connectivity index (χ0n) is 14.9. The molecule has 0 bridgehead atoms. The minimum absolute atomic E-state index is 1.32. The van der Waals surface area contributed by atoms with Gasteiger partial charge in [0.25, 0.3) is 0 Å². The normalized spacial score (nSPS) is 25.0. The Bertz CT molecular complexity index is 295. The Balaban J connectivity index is 3.45. The Hall–Kier alpha value is 0.388. The maximum absolute atomic E-state index is 5.80. The molecule has 0 aromatic heterocycles. The average molecular weight is 425 g/mol. The van der Waals surface area contributed by atoms with Gasteiger partial charge in [-0.1, -0.05) is 0 Å². The molecule has 1 aliphatic heterocycles. The van der Waals surface area contributed by atoms with E-state index in [9.17, 15) is 0 Å². The van der Waals surface area contributed by atoms with Gasteiger partial charge in [-0.3, -0.25) is 0 Å². The highest BCUT2D eigenvalue weighted by atomic mass is 28.6. The molecule has 0 aromatic carbocycles. The second kappa shape index (κ2) is 8.85. The Morgan fingerprint density at radius 1 is 0.333 bits per heavy atom. The van der Waals surface area contributed by atoms with E-state index >= 15 is 0 Å². The molecular weight excluding hydrogens is 400 g/mol. The Kier molecular flexibility index (Phi) is 8.27. The molecule has 0 aliphatic carbocycles. The van der Waals surface area contributed by atoms with Gasteiger partial charge in [0.15, 0.2) is 0 Å². The molecule has 0 aromatic rings. The molecule has 0 spiro atoms. The molecule has 16 heteroatoms. The summed E-state index contributed by atoms with van der Waals surface area (Å²) in [5.41, 5.74) is 0. The van der Waals surface area contributed by atoms with E-state index in [4.69, 9.17) is 51.9 Å². The fourth-order valence-electron chi connectivity index (χ4n) is 1.70. The second-order valence-electron chi connectivity index (χ2n) is 4.04. The van der Waals surface area contributed by atoms with E-state index in [1.807, 2.05) is 0 Å². The van der Waals surface area contributed by atoms with Crippen molar-refractivity contribution in [2.45, 2.75) is 0 Å². The first kappa shape index (κ1) is 22.4. The van der Waals surface area contributed by atoms with Gasteiger partial charge in [0, 0.05) is 56.9 Å². The van der Waals surface area contributed by atoms with E-state index < -0.39 is 36.2 Å². The number of rotatable bonds is 8. The van der Waals surface area contributed by atoms with E-state index in [1.165, 1.54) is 56.9 Å². The van der Waals surface area contributed by atoms with Crippen LogP contribution in [0.2, 0.25) is 0 Å². The third-order valence-corrected chi connectivity index (χ3v) is 15.0. The van der Waals surface area contributed by atoms with Crippen molar-refractivity contribution in [1.29, 1.82) is 0 Å². The SMILES string of the molecule is CO[Si]1(OC)O[Si](OC)(OC)O[Si](OC)(OC)O[Si](OC)(OC)O1. The molecule has 144 valence electrons. The van der Waals surface area contributed by atoms with Crippen LogP contribution in [0.25, 0.3) is 0 Å². The van der Waals surface area contributed by atoms with Crippen molar-refractivity contribution >= 4 is 36.2 Å². The van der Waals surface area contributed by atoms with Crippen LogP contribution in [0.4, 0.5) is 0 Å². The Morgan fingerprint density at radius 2 is 0.458 bits per heavy atom. The van der Waals surface area contributed by atoms with Crippen molar-refractivity contribution in [3.05, 3.63) is 0 Å². The van der Waals surface area contributed by atoms with E-state index in [-0.39, 0.29) is 0 Å². The van der Waals surface area contributed by atoms with Crippen molar-refractivity contribution in [3.63, 3.8) is 0 Å². The fraction of sp³-hybridized carbons (Fsp3) is 1.00. The topological polar surface area (TPSA) is 111 Å². The highest BCUT2D eigenvalue weighted by Gasteiger charge is 2.73. The molecule has 1 heterocycles. The maximum Gasteiger partial charge on any atom is 0.667 e.